The molecule has 4 atom stereocenters. The van der Waals surface area contributed by atoms with Crippen LogP contribution in [0.1, 0.15) is 12.8 Å². The molecule has 170 valence electrons. The number of hydrogen-bond donors (Lipinski definition) is 4. The van der Waals surface area contributed by atoms with Gasteiger partial charge in [0.25, 0.3) is 5.91 Å². The Morgan fingerprint density at radius 2 is 2.03 bits per heavy atom. The van der Waals surface area contributed by atoms with Gasteiger partial charge in [-0.05, 0) is 38.1 Å². The maximum Gasteiger partial charge on any atom is 0.326 e. The third-order valence-electron chi connectivity index (χ3n) is 6.83. The summed E-state index contributed by atoms with van der Waals surface area (Å²) in [4.78, 5) is 33.5. The fraction of sp³-hybridized carbons (Fsp3) is 0.375. The van der Waals surface area contributed by atoms with Crippen LogP contribution in [-0.4, -0.2) is 54.0 Å². The van der Waals surface area contributed by atoms with Crippen LogP contribution in [0.4, 0.5) is 10.5 Å². The number of carbonyl (C=O) groups excluding carboxylic acids is 2. The largest absolute Gasteiger partial charge is 0.347 e. The van der Waals surface area contributed by atoms with Crippen LogP contribution in [0.25, 0.3) is 11.3 Å². The Bertz CT molecular complexity index is 1120. The van der Waals surface area contributed by atoms with Crippen LogP contribution in [-0.2, 0) is 4.79 Å². The summed E-state index contributed by atoms with van der Waals surface area (Å²) in [7, 11) is 0. The number of nitrogens with zero attached hydrogens (tertiary/aromatic N) is 2. The molecule has 5 heterocycles. The van der Waals surface area contributed by atoms with Crippen molar-refractivity contribution in [2.24, 2.45) is 5.92 Å². The second-order valence-electron chi connectivity index (χ2n) is 8.85. The first kappa shape index (κ1) is 20.7. The summed E-state index contributed by atoms with van der Waals surface area (Å²) in [5, 5.41) is 13.1. The van der Waals surface area contributed by atoms with Crippen LogP contribution in [0.15, 0.2) is 59.3 Å². The summed E-state index contributed by atoms with van der Waals surface area (Å²) >= 11 is 1.54. The summed E-state index contributed by atoms with van der Waals surface area (Å²) in [6.45, 7) is 2.51. The van der Waals surface area contributed by atoms with Gasteiger partial charge in [0.1, 0.15) is 0 Å². The molecule has 9 heteroatoms. The molecule has 4 aliphatic heterocycles. The highest BCUT2D eigenvalue weighted by Gasteiger charge is 2.51. The lowest BCUT2D eigenvalue weighted by Crippen LogP contribution is -2.62. The number of hydrogen-bond acceptors (Lipinski definition) is 6. The van der Waals surface area contributed by atoms with E-state index in [1.807, 2.05) is 47.4 Å². The molecule has 8 nitrogen and oxygen atoms in total. The second kappa shape index (κ2) is 8.48. The molecule has 3 unspecified atom stereocenters. The molecule has 4 aliphatic rings. The molecule has 1 aromatic carbocycles. The average Bonchev–Trinajstić information content (AvgIpc) is 3.49. The zero-order valence-electron chi connectivity index (χ0n) is 18.1. The standard InChI is InChI=1S/C24H26N6O2S/c31-22(28-15-6-9-25-13-15)21-20-19-18(8-11-27-23(19)33-21)30(24(32)29-20)16-7-10-26-17(12-16)14-4-2-1-3-5-14/h1-5,7,10,12,15,18-19,23,25,27H,6,8-9,11,13H2,(H,28,31)(H,29,32)/t15-,18?,19?,23?/m1/s1. The highest BCUT2D eigenvalue weighted by Crippen LogP contribution is 2.48. The summed E-state index contributed by atoms with van der Waals surface area (Å²) in [5.74, 6) is -0.0417. The van der Waals surface area contributed by atoms with Gasteiger partial charge in [0.2, 0.25) is 0 Å². The van der Waals surface area contributed by atoms with Crippen LogP contribution >= 0.6 is 11.8 Å². The minimum Gasteiger partial charge on any atom is -0.347 e. The summed E-state index contributed by atoms with van der Waals surface area (Å²) in [6, 6.07) is 13.8. The molecule has 0 bridgehead atoms. The van der Waals surface area contributed by atoms with Crippen molar-refractivity contribution in [1.29, 1.82) is 0 Å². The quantitative estimate of drug-likeness (QED) is 0.555. The molecule has 0 aliphatic carbocycles. The number of thioether (sulfide) groups is 1. The molecule has 2 aromatic rings. The van der Waals surface area contributed by atoms with Crippen molar-refractivity contribution >= 4 is 29.4 Å². The van der Waals surface area contributed by atoms with Crippen LogP contribution in [0.3, 0.4) is 0 Å². The Morgan fingerprint density at radius 3 is 2.85 bits per heavy atom. The molecule has 33 heavy (non-hydrogen) atoms. The Balaban J connectivity index is 1.32. The average molecular weight is 463 g/mol. The molecule has 3 saturated heterocycles. The van der Waals surface area contributed by atoms with E-state index < -0.39 is 0 Å². The van der Waals surface area contributed by atoms with E-state index >= 15 is 0 Å². The lowest BCUT2D eigenvalue weighted by atomic mass is 9.86. The molecule has 6 rings (SSSR count). The van der Waals surface area contributed by atoms with E-state index in [4.69, 9.17) is 0 Å². The first-order valence-corrected chi connectivity index (χ1v) is 12.3. The number of aromatic nitrogens is 1. The van der Waals surface area contributed by atoms with Crippen LogP contribution < -0.4 is 26.2 Å². The van der Waals surface area contributed by atoms with E-state index in [9.17, 15) is 9.59 Å². The van der Waals surface area contributed by atoms with Crippen molar-refractivity contribution in [2.75, 3.05) is 24.5 Å². The lowest BCUT2D eigenvalue weighted by molar-refractivity contribution is -0.117. The smallest absolute Gasteiger partial charge is 0.326 e. The first-order chi connectivity index (χ1) is 16.2. The fourth-order valence-electron chi connectivity index (χ4n) is 5.29. The van der Waals surface area contributed by atoms with E-state index in [0.717, 1.165) is 55.1 Å². The predicted molar refractivity (Wildman–Crippen MR) is 128 cm³/mol. The number of nitrogens with one attached hydrogen (secondary N) is 4. The predicted octanol–water partition coefficient (Wildman–Crippen LogP) is 2.02. The van der Waals surface area contributed by atoms with Crippen molar-refractivity contribution in [3.8, 4) is 11.3 Å². The normalized spacial score (nSPS) is 28.5. The second-order valence-corrected chi connectivity index (χ2v) is 10.00. The van der Waals surface area contributed by atoms with Gasteiger partial charge in [-0.3, -0.25) is 14.7 Å². The van der Waals surface area contributed by atoms with Crippen molar-refractivity contribution < 1.29 is 9.59 Å². The molecule has 4 N–H and O–H groups in total. The van der Waals surface area contributed by atoms with E-state index in [2.05, 4.69) is 26.3 Å². The number of benzene rings is 1. The number of amides is 3. The molecular weight excluding hydrogens is 436 g/mol. The number of carbonyl (C=O) groups is 2. The van der Waals surface area contributed by atoms with Crippen LogP contribution in [0.5, 0.6) is 0 Å². The van der Waals surface area contributed by atoms with Crippen LogP contribution in [0.2, 0.25) is 0 Å². The van der Waals surface area contributed by atoms with Gasteiger partial charge in [-0.1, -0.05) is 42.1 Å². The van der Waals surface area contributed by atoms with Gasteiger partial charge in [0, 0.05) is 41.6 Å². The van der Waals surface area contributed by atoms with Crippen molar-refractivity contribution in [3.05, 3.63) is 59.3 Å². The number of pyridine rings is 1. The first-order valence-electron chi connectivity index (χ1n) is 11.5. The molecule has 1 aromatic heterocycles. The van der Waals surface area contributed by atoms with Crippen molar-refractivity contribution in [1.82, 2.24) is 26.3 Å². The van der Waals surface area contributed by atoms with E-state index in [0.29, 0.717) is 4.91 Å². The number of urea groups is 1. The summed E-state index contributed by atoms with van der Waals surface area (Å²) in [5.41, 5.74) is 3.44. The Labute approximate surface area is 196 Å². The highest BCUT2D eigenvalue weighted by molar-refractivity contribution is 8.04. The Morgan fingerprint density at radius 1 is 1.15 bits per heavy atom. The molecule has 3 amide bonds. The highest BCUT2D eigenvalue weighted by atomic mass is 32.2. The lowest BCUT2D eigenvalue weighted by Gasteiger charge is -2.45. The van der Waals surface area contributed by atoms with E-state index in [1.54, 1.807) is 18.0 Å². The zero-order chi connectivity index (χ0) is 22.4. The minimum atomic E-state index is -0.188. The van der Waals surface area contributed by atoms with Gasteiger partial charge >= 0.3 is 6.03 Å². The minimum absolute atomic E-state index is 0.0167. The number of anilines is 1. The van der Waals surface area contributed by atoms with Gasteiger partial charge in [-0.2, -0.15) is 0 Å². The molecule has 0 spiro atoms. The third-order valence-corrected chi connectivity index (χ3v) is 8.19. The zero-order valence-corrected chi connectivity index (χ0v) is 18.9. The van der Waals surface area contributed by atoms with Gasteiger partial charge in [0.05, 0.1) is 22.0 Å². The Kier molecular flexibility index (Phi) is 5.32. The maximum atomic E-state index is 13.4. The maximum absolute atomic E-state index is 13.4. The monoisotopic (exact) mass is 462 g/mol. The van der Waals surface area contributed by atoms with E-state index in [1.165, 1.54) is 0 Å². The van der Waals surface area contributed by atoms with Crippen LogP contribution in [0, 0.1) is 5.92 Å². The fourth-order valence-corrected chi connectivity index (χ4v) is 6.69. The van der Waals surface area contributed by atoms with E-state index in [-0.39, 0.29) is 35.3 Å². The summed E-state index contributed by atoms with van der Waals surface area (Å²) < 4.78 is 0. The van der Waals surface area contributed by atoms with Crippen molar-refractivity contribution in [2.45, 2.75) is 30.3 Å². The van der Waals surface area contributed by atoms with Gasteiger partial charge in [-0.25, -0.2) is 4.79 Å². The molecule has 0 radical (unpaired) electrons. The molecule has 3 fully saturated rings. The van der Waals surface area contributed by atoms with Gasteiger partial charge in [-0.15, -0.1) is 0 Å². The third kappa shape index (κ3) is 3.70. The number of rotatable bonds is 4. The summed E-state index contributed by atoms with van der Waals surface area (Å²) in [6.07, 6.45) is 3.51. The Hall–Kier alpha value is -2.88. The van der Waals surface area contributed by atoms with Gasteiger partial charge in [0.15, 0.2) is 0 Å². The SMILES string of the molecule is O=C(N[C@@H]1CCNC1)C1=C2NC(=O)N(c3ccnc(-c4ccccc4)c3)C3CCNC(S1)C23. The van der Waals surface area contributed by atoms with Crippen molar-refractivity contribution in [3.63, 3.8) is 0 Å². The van der Waals surface area contributed by atoms with Gasteiger partial charge < -0.3 is 21.3 Å². The number of piperidine rings is 1. The topological polar surface area (TPSA) is 98.4 Å². The molecular formula is C24H26N6O2S. The molecule has 0 saturated carbocycles.